The Balaban J connectivity index is 1.64. The number of fused-ring (bicyclic) bond motifs is 1. The van der Waals surface area contributed by atoms with E-state index < -0.39 is 0 Å². The number of imidazole rings is 1. The quantitative estimate of drug-likeness (QED) is 0.643. The van der Waals surface area contributed by atoms with Crippen molar-refractivity contribution >= 4 is 34.5 Å². The van der Waals surface area contributed by atoms with Gasteiger partial charge in [0.2, 0.25) is 11.8 Å². The largest absolute Gasteiger partial charge is 0.330 e. The van der Waals surface area contributed by atoms with E-state index >= 15 is 0 Å². The Kier molecular flexibility index (Phi) is 6.11. The summed E-state index contributed by atoms with van der Waals surface area (Å²) in [7, 11) is 0. The smallest absolute Gasteiger partial charge is 0.326 e. The summed E-state index contributed by atoms with van der Waals surface area (Å²) >= 11 is 0. The van der Waals surface area contributed by atoms with E-state index in [2.05, 4.69) is 15.6 Å². The molecule has 0 bridgehead atoms. The van der Waals surface area contributed by atoms with E-state index in [9.17, 15) is 14.4 Å². The Bertz CT molecular complexity index is 1110. The maximum Gasteiger partial charge on any atom is 0.330 e. The number of nitrogens with zero attached hydrogens (tertiary/aromatic N) is 3. The number of anilines is 2. The summed E-state index contributed by atoms with van der Waals surface area (Å²) in [4.78, 5) is 41.1. The Morgan fingerprint density at radius 3 is 2.31 bits per heavy atom. The van der Waals surface area contributed by atoms with Crippen LogP contribution in [0, 0.1) is 6.92 Å². The minimum Gasteiger partial charge on any atom is -0.326 e. The molecule has 0 spiro atoms. The fourth-order valence-corrected chi connectivity index (χ4v) is 3.23. The molecule has 152 valence electrons. The van der Waals surface area contributed by atoms with Gasteiger partial charge >= 0.3 is 5.69 Å². The number of hydrogen-bond acceptors (Lipinski definition) is 4. The molecular weight excluding hydrogens is 370 g/mol. The molecule has 1 aromatic carbocycles. The molecular formula is C21H25N5O3. The van der Waals surface area contributed by atoms with Gasteiger partial charge in [-0.2, -0.15) is 0 Å². The predicted molar refractivity (Wildman–Crippen MR) is 113 cm³/mol. The number of amides is 2. The predicted octanol–water partition coefficient (Wildman–Crippen LogP) is 2.90. The van der Waals surface area contributed by atoms with E-state index in [1.807, 2.05) is 39.0 Å². The average Bonchev–Trinajstić information content (AvgIpc) is 2.96. The van der Waals surface area contributed by atoms with Crippen LogP contribution < -0.4 is 16.3 Å². The first-order chi connectivity index (χ1) is 13.9. The second-order valence-corrected chi connectivity index (χ2v) is 6.78. The first-order valence-electron chi connectivity index (χ1n) is 9.69. The van der Waals surface area contributed by atoms with Crippen LogP contribution in [0.15, 0.2) is 41.2 Å². The Labute approximate surface area is 168 Å². The zero-order valence-electron chi connectivity index (χ0n) is 16.9. The number of aromatic nitrogens is 3. The third-order valence-electron chi connectivity index (χ3n) is 4.64. The molecule has 3 rings (SSSR count). The highest BCUT2D eigenvalue weighted by molar-refractivity contribution is 5.96. The third kappa shape index (κ3) is 4.53. The topological polar surface area (TPSA) is 98.0 Å². The van der Waals surface area contributed by atoms with Crippen molar-refractivity contribution in [2.45, 2.75) is 46.7 Å². The van der Waals surface area contributed by atoms with Crippen molar-refractivity contribution in [3.8, 4) is 0 Å². The lowest BCUT2D eigenvalue weighted by molar-refractivity contribution is -0.121. The van der Waals surface area contributed by atoms with Crippen LogP contribution in [0.3, 0.4) is 0 Å². The summed E-state index contributed by atoms with van der Waals surface area (Å²) in [6.45, 7) is 6.76. The highest BCUT2D eigenvalue weighted by Gasteiger charge is 2.14. The molecule has 0 aliphatic heterocycles. The molecule has 0 atom stereocenters. The Morgan fingerprint density at radius 1 is 0.966 bits per heavy atom. The van der Waals surface area contributed by atoms with Crippen LogP contribution in [-0.4, -0.2) is 25.9 Å². The van der Waals surface area contributed by atoms with E-state index in [-0.39, 0.29) is 30.3 Å². The molecule has 0 saturated carbocycles. The lowest BCUT2D eigenvalue weighted by Crippen LogP contribution is -2.23. The van der Waals surface area contributed by atoms with Crippen molar-refractivity contribution in [2.24, 2.45) is 0 Å². The number of pyridine rings is 1. The molecule has 0 aliphatic carbocycles. The number of rotatable bonds is 7. The van der Waals surface area contributed by atoms with Gasteiger partial charge in [-0.15, -0.1) is 0 Å². The number of benzene rings is 1. The molecule has 3 aromatic rings. The van der Waals surface area contributed by atoms with E-state index in [0.717, 1.165) is 11.1 Å². The van der Waals surface area contributed by atoms with Crippen LogP contribution in [0.5, 0.6) is 0 Å². The van der Waals surface area contributed by atoms with Gasteiger partial charge in [-0.05, 0) is 50.6 Å². The summed E-state index contributed by atoms with van der Waals surface area (Å²) in [5.41, 5.74) is 2.91. The molecule has 2 amide bonds. The highest BCUT2D eigenvalue weighted by atomic mass is 16.2. The molecule has 0 radical (unpaired) electrons. The van der Waals surface area contributed by atoms with Crippen molar-refractivity contribution in [1.82, 2.24) is 14.1 Å². The maximum absolute atomic E-state index is 12.4. The van der Waals surface area contributed by atoms with Gasteiger partial charge in [-0.25, -0.2) is 9.78 Å². The van der Waals surface area contributed by atoms with Crippen molar-refractivity contribution in [1.29, 1.82) is 0 Å². The molecule has 8 heteroatoms. The maximum atomic E-state index is 12.4. The van der Waals surface area contributed by atoms with Crippen molar-refractivity contribution in [3.63, 3.8) is 0 Å². The monoisotopic (exact) mass is 395 g/mol. The van der Waals surface area contributed by atoms with Gasteiger partial charge in [-0.3, -0.25) is 18.7 Å². The first-order valence-corrected chi connectivity index (χ1v) is 9.69. The molecule has 0 saturated heterocycles. The molecule has 8 nitrogen and oxygen atoms in total. The summed E-state index contributed by atoms with van der Waals surface area (Å²) in [6.07, 6.45) is 0.0990. The van der Waals surface area contributed by atoms with Crippen LogP contribution >= 0.6 is 0 Å². The third-order valence-corrected chi connectivity index (χ3v) is 4.64. The van der Waals surface area contributed by atoms with Crippen LogP contribution in [0.2, 0.25) is 0 Å². The van der Waals surface area contributed by atoms with Gasteiger partial charge in [0.05, 0.1) is 5.52 Å². The van der Waals surface area contributed by atoms with Gasteiger partial charge < -0.3 is 10.6 Å². The number of hydrogen-bond donors (Lipinski definition) is 2. The van der Waals surface area contributed by atoms with Crippen molar-refractivity contribution in [2.75, 3.05) is 10.6 Å². The number of nitrogens with one attached hydrogen (secondary N) is 2. The molecule has 29 heavy (non-hydrogen) atoms. The molecule has 0 aliphatic rings. The number of carbonyl (C=O) groups is 2. The van der Waals surface area contributed by atoms with Crippen molar-refractivity contribution < 1.29 is 9.59 Å². The zero-order valence-corrected chi connectivity index (χ0v) is 16.9. The van der Waals surface area contributed by atoms with Crippen LogP contribution in [-0.2, 0) is 22.7 Å². The lowest BCUT2D eigenvalue weighted by atomic mass is 10.2. The van der Waals surface area contributed by atoms with E-state index in [1.165, 1.54) is 0 Å². The van der Waals surface area contributed by atoms with Gasteiger partial charge in [0, 0.05) is 31.6 Å². The van der Waals surface area contributed by atoms with Crippen LogP contribution in [0.4, 0.5) is 11.5 Å². The molecule has 0 fully saturated rings. The molecule has 2 N–H and O–H groups in total. The fraction of sp³-hybridized carbons (Fsp3) is 0.333. The number of aryl methyl sites for hydroxylation is 3. The summed E-state index contributed by atoms with van der Waals surface area (Å²) in [5, 5.41) is 5.49. The minimum atomic E-state index is -0.309. The second kappa shape index (κ2) is 8.72. The summed E-state index contributed by atoms with van der Waals surface area (Å²) in [5.74, 6) is -0.178. The minimum absolute atomic E-state index is 0.0356. The SMILES string of the molecule is CCn1c(=O)n(CC)c2nc(NC(=O)CCC(=O)Nc3cccc(C)c3)ccc21. The highest BCUT2D eigenvalue weighted by Crippen LogP contribution is 2.15. The second-order valence-electron chi connectivity index (χ2n) is 6.78. The van der Waals surface area contributed by atoms with E-state index in [0.29, 0.717) is 30.2 Å². The average molecular weight is 395 g/mol. The van der Waals surface area contributed by atoms with Gasteiger partial charge in [0.15, 0.2) is 5.65 Å². The Morgan fingerprint density at radius 2 is 1.66 bits per heavy atom. The van der Waals surface area contributed by atoms with Crippen molar-refractivity contribution in [3.05, 3.63) is 52.4 Å². The Hall–Kier alpha value is -3.42. The normalized spacial score (nSPS) is 10.9. The number of carbonyl (C=O) groups excluding carboxylic acids is 2. The summed E-state index contributed by atoms with van der Waals surface area (Å²) in [6, 6.07) is 10.9. The standard InChI is InChI=1S/C21H25N5O3/c1-4-25-16-9-10-17(24-20(16)26(5-2)21(25)29)23-19(28)12-11-18(27)22-15-8-6-7-14(3)13-15/h6-10,13H,4-5,11-12H2,1-3H3,(H,22,27)(H,23,24,28). The van der Waals surface area contributed by atoms with E-state index in [1.54, 1.807) is 27.3 Å². The lowest BCUT2D eigenvalue weighted by Gasteiger charge is -2.07. The summed E-state index contributed by atoms with van der Waals surface area (Å²) < 4.78 is 3.22. The van der Waals surface area contributed by atoms with E-state index in [4.69, 9.17) is 0 Å². The van der Waals surface area contributed by atoms with Gasteiger partial charge in [0.25, 0.3) is 0 Å². The molecule has 0 unspecified atom stereocenters. The molecule has 2 aromatic heterocycles. The van der Waals surface area contributed by atoms with Gasteiger partial charge in [-0.1, -0.05) is 12.1 Å². The fourth-order valence-electron chi connectivity index (χ4n) is 3.23. The van der Waals surface area contributed by atoms with Crippen LogP contribution in [0.25, 0.3) is 11.2 Å². The zero-order chi connectivity index (χ0) is 21.0. The molecule has 2 heterocycles. The van der Waals surface area contributed by atoms with Gasteiger partial charge in [0.1, 0.15) is 5.82 Å². The first kappa shape index (κ1) is 20.3. The van der Waals surface area contributed by atoms with Crippen LogP contribution in [0.1, 0.15) is 32.3 Å².